The normalized spacial score (nSPS) is 10.3. The van der Waals surface area contributed by atoms with E-state index in [0.29, 0.717) is 12.1 Å². The van der Waals surface area contributed by atoms with Crippen molar-refractivity contribution in [1.29, 1.82) is 0 Å². The summed E-state index contributed by atoms with van der Waals surface area (Å²) in [6, 6.07) is 11.2. The van der Waals surface area contributed by atoms with Crippen molar-refractivity contribution in [3.05, 3.63) is 53.1 Å². The lowest BCUT2D eigenvalue weighted by Gasteiger charge is -2.12. The van der Waals surface area contributed by atoms with E-state index in [0.717, 1.165) is 11.3 Å². The van der Waals surface area contributed by atoms with Crippen molar-refractivity contribution in [2.75, 3.05) is 5.32 Å². The first-order valence-corrected chi connectivity index (χ1v) is 5.89. The first-order valence-electron chi connectivity index (χ1n) is 5.89. The molecule has 2 aromatic rings. The van der Waals surface area contributed by atoms with Gasteiger partial charge in [0.2, 0.25) is 0 Å². The van der Waals surface area contributed by atoms with Gasteiger partial charge in [0.05, 0.1) is 0 Å². The first-order chi connectivity index (χ1) is 8.58. The molecule has 0 aromatic heterocycles. The van der Waals surface area contributed by atoms with Gasteiger partial charge in [-0.05, 0) is 37.1 Å². The zero-order valence-corrected chi connectivity index (χ0v) is 10.6. The number of anilines is 1. The van der Waals surface area contributed by atoms with E-state index in [9.17, 15) is 10.2 Å². The molecule has 0 amide bonds. The van der Waals surface area contributed by atoms with Crippen LogP contribution in [0.3, 0.4) is 0 Å². The highest BCUT2D eigenvalue weighted by molar-refractivity contribution is 5.54. The maximum atomic E-state index is 9.71. The van der Waals surface area contributed by atoms with Crippen molar-refractivity contribution < 1.29 is 10.2 Å². The quantitative estimate of drug-likeness (QED) is 0.725. The zero-order chi connectivity index (χ0) is 13.1. The molecule has 0 saturated heterocycles. The molecular weight excluding hydrogens is 226 g/mol. The Morgan fingerprint density at radius 3 is 2.61 bits per heavy atom. The van der Waals surface area contributed by atoms with Gasteiger partial charge >= 0.3 is 0 Å². The Kier molecular flexibility index (Phi) is 3.42. The van der Waals surface area contributed by atoms with E-state index in [2.05, 4.69) is 23.5 Å². The van der Waals surface area contributed by atoms with Crippen LogP contribution in [0.4, 0.5) is 5.69 Å². The summed E-state index contributed by atoms with van der Waals surface area (Å²) in [7, 11) is 0. The second kappa shape index (κ2) is 5.00. The SMILES string of the molecule is Cc1ccc(C)c(NCc2cccc(O)c2O)c1. The molecule has 0 atom stereocenters. The molecule has 0 aliphatic heterocycles. The Labute approximate surface area is 107 Å². The van der Waals surface area contributed by atoms with Crippen LogP contribution in [0.25, 0.3) is 0 Å². The van der Waals surface area contributed by atoms with Gasteiger partial charge in [-0.1, -0.05) is 24.3 Å². The number of benzene rings is 2. The molecule has 0 spiro atoms. The fraction of sp³-hybridized carbons (Fsp3) is 0.200. The van der Waals surface area contributed by atoms with E-state index in [4.69, 9.17) is 0 Å². The van der Waals surface area contributed by atoms with Crippen LogP contribution in [0.2, 0.25) is 0 Å². The number of para-hydroxylation sites is 1. The Morgan fingerprint density at radius 1 is 1.06 bits per heavy atom. The summed E-state index contributed by atoms with van der Waals surface area (Å²) in [5, 5.41) is 22.4. The zero-order valence-electron chi connectivity index (χ0n) is 10.6. The van der Waals surface area contributed by atoms with Crippen LogP contribution in [-0.4, -0.2) is 10.2 Å². The lowest BCUT2D eigenvalue weighted by atomic mass is 10.1. The molecule has 0 heterocycles. The number of hydrogen-bond donors (Lipinski definition) is 3. The van der Waals surface area contributed by atoms with Crippen molar-refractivity contribution in [3.8, 4) is 11.5 Å². The summed E-state index contributed by atoms with van der Waals surface area (Å²) in [6.45, 7) is 4.55. The van der Waals surface area contributed by atoms with Crippen LogP contribution in [0.1, 0.15) is 16.7 Å². The highest BCUT2D eigenvalue weighted by Gasteiger charge is 2.06. The Balaban J connectivity index is 2.16. The van der Waals surface area contributed by atoms with Crippen LogP contribution in [-0.2, 0) is 6.54 Å². The minimum absolute atomic E-state index is 0.0599. The largest absolute Gasteiger partial charge is 0.504 e. The molecule has 94 valence electrons. The molecule has 0 fully saturated rings. The monoisotopic (exact) mass is 243 g/mol. The summed E-state index contributed by atoms with van der Waals surface area (Å²) >= 11 is 0. The maximum Gasteiger partial charge on any atom is 0.162 e. The molecule has 18 heavy (non-hydrogen) atoms. The van der Waals surface area contributed by atoms with Gasteiger partial charge in [-0.15, -0.1) is 0 Å². The van der Waals surface area contributed by atoms with Crippen LogP contribution in [0, 0.1) is 13.8 Å². The minimum Gasteiger partial charge on any atom is -0.504 e. The number of aryl methyl sites for hydroxylation is 2. The van der Waals surface area contributed by atoms with Gasteiger partial charge in [-0.3, -0.25) is 0 Å². The summed E-state index contributed by atoms with van der Waals surface area (Å²) < 4.78 is 0. The van der Waals surface area contributed by atoms with Crippen LogP contribution < -0.4 is 5.32 Å². The van der Waals surface area contributed by atoms with Crippen LogP contribution in [0.15, 0.2) is 36.4 Å². The van der Waals surface area contributed by atoms with Crippen molar-refractivity contribution in [3.63, 3.8) is 0 Å². The molecule has 0 saturated carbocycles. The second-order valence-corrected chi connectivity index (χ2v) is 4.46. The molecule has 3 nitrogen and oxygen atoms in total. The van der Waals surface area contributed by atoms with Crippen molar-refractivity contribution in [2.45, 2.75) is 20.4 Å². The molecule has 2 aromatic carbocycles. The predicted molar refractivity (Wildman–Crippen MR) is 73.0 cm³/mol. The summed E-state index contributed by atoms with van der Waals surface area (Å²) in [4.78, 5) is 0. The Hall–Kier alpha value is -2.16. The Bertz CT molecular complexity index is 562. The average Bonchev–Trinajstić information content (AvgIpc) is 2.35. The van der Waals surface area contributed by atoms with E-state index < -0.39 is 0 Å². The lowest BCUT2D eigenvalue weighted by molar-refractivity contribution is 0.400. The molecule has 3 N–H and O–H groups in total. The van der Waals surface area contributed by atoms with Gasteiger partial charge in [0.25, 0.3) is 0 Å². The predicted octanol–water partition coefficient (Wildman–Crippen LogP) is 3.33. The van der Waals surface area contributed by atoms with E-state index in [1.54, 1.807) is 12.1 Å². The summed E-state index contributed by atoms with van der Waals surface area (Å²) in [5.41, 5.74) is 4.05. The first kappa shape index (κ1) is 12.3. The molecule has 0 radical (unpaired) electrons. The molecule has 0 unspecified atom stereocenters. The summed E-state index contributed by atoms with van der Waals surface area (Å²) in [6.07, 6.45) is 0. The van der Waals surface area contributed by atoms with Crippen molar-refractivity contribution in [2.24, 2.45) is 0 Å². The fourth-order valence-corrected chi connectivity index (χ4v) is 1.84. The van der Waals surface area contributed by atoms with Crippen LogP contribution in [0.5, 0.6) is 11.5 Å². The maximum absolute atomic E-state index is 9.71. The highest BCUT2D eigenvalue weighted by atomic mass is 16.3. The number of aromatic hydroxyl groups is 2. The van der Waals surface area contributed by atoms with E-state index >= 15 is 0 Å². The number of phenolic OH excluding ortho intramolecular Hbond substituents is 2. The number of hydrogen-bond acceptors (Lipinski definition) is 3. The van der Waals surface area contributed by atoms with Gasteiger partial charge in [-0.25, -0.2) is 0 Å². The van der Waals surface area contributed by atoms with Crippen molar-refractivity contribution in [1.82, 2.24) is 0 Å². The van der Waals surface area contributed by atoms with E-state index in [1.165, 1.54) is 11.6 Å². The van der Waals surface area contributed by atoms with E-state index in [1.807, 2.05) is 13.8 Å². The number of nitrogens with one attached hydrogen (secondary N) is 1. The molecule has 2 rings (SSSR count). The average molecular weight is 243 g/mol. The smallest absolute Gasteiger partial charge is 0.162 e. The van der Waals surface area contributed by atoms with Gasteiger partial charge in [0.1, 0.15) is 0 Å². The molecule has 0 aliphatic carbocycles. The van der Waals surface area contributed by atoms with Gasteiger partial charge in [0.15, 0.2) is 11.5 Å². The van der Waals surface area contributed by atoms with Gasteiger partial charge < -0.3 is 15.5 Å². The molecule has 0 bridgehead atoms. The van der Waals surface area contributed by atoms with Crippen molar-refractivity contribution >= 4 is 5.69 Å². The molecule has 0 aliphatic rings. The van der Waals surface area contributed by atoms with Gasteiger partial charge in [0, 0.05) is 17.8 Å². The third-order valence-corrected chi connectivity index (χ3v) is 2.96. The summed E-state index contributed by atoms with van der Waals surface area (Å²) in [5.74, 6) is -0.148. The topological polar surface area (TPSA) is 52.5 Å². The number of phenols is 2. The third kappa shape index (κ3) is 2.56. The standard InChI is InChI=1S/C15H17NO2/c1-10-6-7-11(2)13(8-10)16-9-12-4-3-5-14(17)15(12)18/h3-8,16-18H,9H2,1-2H3. The third-order valence-electron chi connectivity index (χ3n) is 2.96. The fourth-order valence-electron chi connectivity index (χ4n) is 1.84. The van der Waals surface area contributed by atoms with E-state index in [-0.39, 0.29) is 11.5 Å². The molecule has 3 heteroatoms. The second-order valence-electron chi connectivity index (χ2n) is 4.46. The highest BCUT2D eigenvalue weighted by Crippen LogP contribution is 2.29. The molecular formula is C15H17NO2. The Morgan fingerprint density at radius 2 is 1.83 bits per heavy atom. The number of rotatable bonds is 3. The minimum atomic E-state index is -0.0877. The lowest BCUT2D eigenvalue weighted by Crippen LogP contribution is -2.01. The van der Waals surface area contributed by atoms with Crippen LogP contribution >= 0.6 is 0 Å². The van der Waals surface area contributed by atoms with Gasteiger partial charge in [-0.2, -0.15) is 0 Å².